The Hall–Kier alpha value is -3.13. The van der Waals surface area contributed by atoms with Crippen LogP contribution in [-0.4, -0.2) is 104 Å². The largest absolute Gasteiger partial charge is 0.378 e. The summed E-state index contributed by atoms with van der Waals surface area (Å²) in [5.41, 5.74) is 3.41. The van der Waals surface area contributed by atoms with Gasteiger partial charge in [-0.3, -0.25) is 9.47 Å². The van der Waals surface area contributed by atoms with E-state index in [1.54, 1.807) is 4.31 Å². The summed E-state index contributed by atoms with van der Waals surface area (Å²) in [7, 11) is -1.11. The van der Waals surface area contributed by atoms with Crippen LogP contribution in [0, 0.1) is 6.92 Å². The molecule has 0 radical (unpaired) electrons. The van der Waals surface area contributed by atoms with Crippen LogP contribution in [0.5, 0.6) is 0 Å². The molecule has 13 heteroatoms. The molecule has 12 nitrogen and oxygen atoms in total. The molecule has 0 bridgehead atoms. The number of rotatable bonds is 5. The third-order valence-electron chi connectivity index (χ3n) is 8.18. The molecule has 0 aliphatic carbocycles. The van der Waals surface area contributed by atoms with Gasteiger partial charge in [0.2, 0.25) is 16.0 Å². The summed E-state index contributed by atoms with van der Waals surface area (Å²) in [5, 5.41) is 0. The molecule has 0 N–H and O–H groups in total. The summed E-state index contributed by atoms with van der Waals surface area (Å²) in [6.07, 6.45) is 1.57. The summed E-state index contributed by atoms with van der Waals surface area (Å²) in [4.78, 5) is 24.4. The summed E-state index contributed by atoms with van der Waals surface area (Å²) in [6, 6.07) is 8.06. The van der Waals surface area contributed by atoms with Crippen molar-refractivity contribution < 1.29 is 13.2 Å². The first-order chi connectivity index (χ1) is 18.9. The van der Waals surface area contributed by atoms with Gasteiger partial charge in [0.25, 0.3) is 0 Å². The number of aromatic nitrogens is 6. The SMILES string of the molecule is Cc1nc2ccccc2n1-c1nc(N2CCOCC2)c2nc(CN3CCC(N4CCCS4(=O)=O)C3)n(C)c2n1. The van der Waals surface area contributed by atoms with E-state index in [0.29, 0.717) is 32.3 Å². The minimum atomic E-state index is -3.11. The van der Waals surface area contributed by atoms with Gasteiger partial charge in [0, 0.05) is 45.8 Å². The monoisotopic (exact) mass is 551 g/mol. The highest BCUT2D eigenvalue weighted by Crippen LogP contribution is 2.30. The van der Waals surface area contributed by atoms with Gasteiger partial charge >= 0.3 is 0 Å². The van der Waals surface area contributed by atoms with Gasteiger partial charge in [-0.05, 0) is 31.9 Å². The lowest BCUT2D eigenvalue weighted by atomic mass is 10.2. The van der Waals surface area contributed by atoms with Crippen molar-refractivity contribution in [2.75, 3.05) is 56.6 Å². The lowest BCUT2D eigenvalue weighted by Gasteiger charge is -2.28. The zero-order valence-corrected chi connectivity index (χ0v) is 23.1. The van der Waals surface area contributed by atoms with Gasteiger partial charge in [-0.2, -0.15) is 14.3 Å². The van der Waals surface area contributed by atoms with Crippen molar-refractivity contribution >= 4 is 38.0 Å². The molecule has 3 fully saturated rings. The predicted octanol–water partition coefficient (Wildman–Crippen LogP) is 1.46. The number of aryl methyl sites for hydroxylation is 2. The van der Waals surface area contributed by atoms with E-state index in [1.165, 1.54) is 0 Å². The van der Waals surface area contributed by atoms with Crippen LogP contribution in [0.1, 0.15) is 24.5 Å². The topological polar surface area (TPSA) is 115 Å². The first kappa shape index (κ1) is 24.9. The third kappa shape index (κ3) is 4.28. The summed E-state index contributed by atoms with van der Waals surface area (Å²) in [6.45, 7) is 7.55. The van der Waals surface area contributed by atoms with Crippen molar-refractivity contribution in [2.24, 2.45) is 7.05 Å². The first-order valence-electron chi connectivity index (χ1n) is 13.6. The maximum Gasteiger partial charge on any atom is 0.239 e. The molecular formula is C26H33N9O3S. The van der Waals surface area contributed by atoms with Crippen LogP contribution < -0.4 is 4.90 Å². The number of imidazole rings is 2. The molecular weight excluding hydrogens is 518 g/mol. The van der Waals surface area contributed by atoms with Gasteiger partial charge < -0.3 is 14.2 Å². The Morgan fingerprint density at radius 1 is 1.03 bits per heavy atom. The smallest absolute Gasteiger partial charge is 0.239 e. The minimum Gasteiger partial charge on any atom is -0.378 e. The second kappa shape index (κ2) is 9.51. The third-order valence-corrected chi connectivity index (χ3v) is 10.2. The molecule has 4 aromatic rings. The molecule has 7 rings (SSSR count). The number of anilines is 1. The molecule has 1 unspecified atom stereocenters. The van der Waals surface area contributed by atoms with Crippen molar-refractivity contribution in [3.63, 3.8) is 0 Å². The van der Waals surface area contributed by atoms with Crippen molar-refractivity contribution in [2.45, 2.75) is 32.4 Å². The molecule has 3 aromatic heterocycles. The van der Waals surface area contributed by atoms with E-state index in [4.69, 9.17) is 24.7 Å². The van der Waals surface area contributed by atoms with E-state index in [2.05, 4.69) is 14.4 Å². The molecule has 1 aromatic carbocycles. The number of hydrogen-bond acceptors (Lipinski definition) is 9. The second-order valence-corrected chi connectivity index (χ2v) is 12.7. The van der Waals surface area contributed by atoms with E-state index in [1.807, 2.05) is 42.8 Å². The first-order valence-corrected chi connectivity index (χ1v) is 15.2. The fraction of sp³-hybridized carbons (Fsp3) is 0.538. The van der Waals surface area contributed by atoms with Crippen LogP contribution in [0.25, 0.3) is 28.1 Å². The van der Waals surface area contributed by atoms with Gasteiger partial charge in [0.1, 0.15) is 11.6 Å². The van der Waals surface area contributed by atoms with Crippen LogP contribution in [0.15, 0.2) is 24.3 Å². The van der Waals surface area contributed by atoms with Gasteiger partial charge in [0.15, 0.2) is 17.0 Å². The molecule has 0 saturated carbocycles. The maximum atomic E-state index is 12.5. The van der Waals surface area contributed by atoms with Gasteiger partial charge in [0.05, 0.1) is 36.5 Å². The average Bonchev–Trinajstić information content (AvgIpc) is 3.69. The fourth-order valence-corrected chi connectivity index (χ4v) is 7.94. The molecule has 0 spiro atoms. The number of benzene rings is 1. The van der Waals surface area contributed by atoms with Crippen molar-refractivity contribution in [1.29, 1.82) is 0 Å². The van der Waals surface area contributed by atoms with Crippen LogP contribution in [0.2, 0.25) is 0 Å². The van der Waals surface area contributed by atoms with Crippen LogP contribution in [0.3, 0.4) is 0 Å². The number of morpholine rings is 1. The maximum absolute atomic E-state index is 12.5. The molecule has 0 amide bonds. The van der Waals surface area contributed by atoms with Crippen molar-refractivity contribution in [3.8, 4) is 5.95 Å². The Morgan fingerprint density at radius 3 is 2.64 bits per heavy atom. The highest BCUT2D eigenvalue weighted by Gasteiger charge is 2.38. The van der Waals surface area contributed by atoms with E-state index in [0.717, 1.165) is 78.7 Å². The Kier molecular flexibility index (Phi) is 6.06. The van der Waals surface area contributed by atoms with E-state index in [9.17, 15) is 8.42 Å². The Morgan fingerprint density at radius 2 is 1.85 bits per heavy atom. The summed E-state index contributed by atoms with van der Waals surface area (Å²) < 4.78 is 36.3. The second-order valence-electron chi connectivity index (χ2n) is 10.6. The Labute approximate surface area is 227 Å². The summed E-state index contributed by atoms with van der Waals surface area (Å²) in [5.74, 6) is 3.37. The number of para-hydroxylation sites is 2. The number of hydrogen-bond donors (Lipinski definition) is 0. The minimum absolute atomic E-state index is 0.0417. The van der Waals surface area contributed by atoms with Crippen molar-refractivity contribution in [1.82, 2.24) is 38.3 Å². The molecule has 39 heavy (non-hydrogen) atoms. The number of fused-ring (bicyclic) bond motifs is 2. The lowest BCUT2D eigenvalue weighted by molar-refractivity contribution is 0.122. The van der Waals surface area contributed by atoms with E-state index < -0.39 is 10.0 Å². The highest BCUT2D eigenvalue weighted by atomic mass is 32.2. The zero-order chi connectivity index (χ0) is 26.7. The number of nitrogens with zero attached hydrogens (tertiary/aromatic N) is 9. The fourth-order valence-electron chi connectivity index (χ4n) is 6.18. The molecule has 3 saturated heterocycles. The number of sulfonamides is 1. The molecule has 1 atom stereocenters. The van der Waals surface area contributed by atoms with Crippen LogP contribution in [0.4, 0.5) is 5.82 Å². The molecule has 6 heterocycles. The highest BCUT2D eigenvalue weighted by molar-refractivity contribution is 7.89. The average molecular weight is 552 g/mol. The van der Waals surface area contributed by atoms with E-state index in [-0.39, 0.29) is 11.8 Å². The van der Waals surface area contributed by atoms with E-state index >= 15 is 0 Å². The zero-order valence-electron chi connectivity index (χ0n) is 22.3. The van der Waals surface area contributed by atoms with Crippen LogP contribution >= 0.6 is 0 Å². The molecule has 3 aliphatic heterocycles. The van der Waals surface area contributed by atoms with Gasteiger partial charge in [-0.15, -0.1) is 0 Å². The normalized spacial score (nSPS) is 22.5. The Bertz CT molecular complexity index is 1660. The van der Waals surface area contributed by atoms with Gasteiger partial charge in [-0.25, -0.2) is 18.4 Å². The molecule has 206 valence electrons. The predicted molar refractivity (Wildman–Crippen MR) is 147 cm³/mol. The number of likely N-dealkylation sites (tertiary alicyclic amines) is 1. The standard InChI is InChI=1S/C26H33N9O3S/c1-18-27-20-6-3-4-7-21(20)35(18)26-29-24-23(25(30-26)33-11-13-38-14-12-33)28-22(31(24)2)17-32-10-8-19(16-32)34-9-5-15-39(34,36)37/h3-4,6-7,19H,5,8-17H2,1-2H3. The quantitative estimate of drug-likeness (QED) is 0.364. The van der Waals surface area contributed by atoms with Crippen molar-refractivity contribution in [3.05, 3.63) is 35.9 Å². The molecule has 3 aliphatic rings. The Balaban J connectivity index is 1.27. The van der Waals surface area contributed by atoms with Crippen LogP contribution in [-0.2, 0) is 28.4 Å². The number of ether oxygens (including phenoxy) is 1. The van der Waals surface area contributed by atoms with Gasteiger partial charge in [-0.1, -0.05) is 12.1 Å². The lowest BCUT2D eigenvalue weighted by Crippen LogP contribution is -2.38. The summed E-state index contributed by atoms with van der Waals surface area (Å²) >= 11 is 0.